The summed E-state index contributed by atoms with van der Waals surface area (Å²) in [6.07, 6.45) is -5.08. The Bertz CT molecular complexity index is 969. The summed E-state index contributed by atoms with van der Waals surface area (Å²) < 4.78 is 31.7. The van der Waals surface area contributed by atoms with E-state index in [4.69, 9.17) is 9.90 Å². The quantitative estimate of drug-likeness (QED) is 0.648. The molecule has 0 bridgehead atoms. The van der Waals surface area contributed by atoms with Crippen molar-refractivity contribution in [3.05, 3.63) is 50.1 Å². The van der Waals surface area contributed by atoms with Crippen LogP contribution in [-0.2, 0) is 4.79 Å². The number of alkyl halides is 3. The van der Waals surface area contributed by atoms with Crippen molar-refractivity contribution in [2.75, 3.05) is 19.6 Å². The molecule has 2 amide bonds. The summed E-state index contributed by atoms with van der Waals surface area (Å²) in [7, 11) is 0. The Labute approximate surface area is 171 Å². The van der Waals surface area contributed by atoms with Gasteiger partial charge < -0.3 is 15.3 Å². The number of H-pyrrole nitrogens is 1. The Balaban J connectivity index is 0.000000396. The number of aryl methyl sites for hydroxylation is 1. The molecule has 1 aliphatic rings. The zero-order valence-electron chi connectivity index (χ0n) is 15.5. The second kappa shape index (κ2) is 9.52. The number of nitrogens with one attached hydrogen (secondary N) is 2. The van der Waals surface area contributed by atoms with Crippen molar-refractivity contribution in [3.8, 4) is 0 Å². The molecule has 0 radical (unpaired) electrons. The number of hydrogen-bond donors (Lipinski definition) is 3. The summed E-state index contributed by atoms with van der Waals surface area (Å²) in [5.41, 5.74) is 0.0663. The highest BCUT2D eigenvalue weighted by molar-refractivity contribution is 7.12. The first-order chi connectivity index (χ1) is 14.0. The third-order valence-electron chi connectivity index (χ3n) is 3.91. The summed E-state index contributed by atoms with van der Waals surface area (Å²) in [5, 5.41) is 18.1. The topological polar surface area (TPSA) is 132 Å². The van der Waals surface area contributed by atoms with Crippen LogP contribution in [-0.4, -0.2) is 63.8 Å². The average molecular weight is 446 g/mol. The van der Waals surface area contributed by atoms with Gasteiger partial charge in [0.1, 0.15) is 0 Å². The Morgan fingerprint density at radius 1 is 1.37 bits per heavy atom. The molecule has 0 aromatic carbocycles. The van der Waals surface area contributed by atoms with Crippen molar-refractivity contribution in [3.63, 3.8) is 0 Å². The van der Waals surface area contributed by atoms with Gasteiger partial charge in [-0.25, -0.2) is 4.79 Å². The SMILES string of the molecule is Cc1cc(=O)c(C(=O)NCC2CN(C(=O)c3cccs3)C2)n[nH]1.O=C(O)C(F)(F)F. The number of thiophene rings is 1. The summed E-state index contributed by atoms with van der Waals surface area (Å²) in [6.45, 7) is 3.33. The molecular formula is C17H17F3N4O5S. The highest BCUT2D eigenvalue weighted by Gasteiger charge is 2.38. The third-order valence-corrected chi connectivity index (χ3v) is 4.77. The van der Waals surface area contributed by atoms with Crippen LogP contribution in [0.25, 0.3) is 0 Å². The normalized spacial score (nSPS) is 13.7. The van der Waals surface area contributed by atoms with Gasteiger partial charge in [0.25, 0.3) is 11.8 Å². The molecule has 2 aromatic rings. The van der Waals surface area contributed by atoms with Gasteiger partial charge in [0.05, 0.1) is 4.88 Å². The molecule has 0 spiro atoms. The first-order valence-electron chi connectivity index (χ1n) is 8.46. The molecule has 1 fully saturated rings. The molecule has 13 heteroatoms. The Morgan fingerprint density at radius 2 is 2.00 bits per heavy atom. The third kappa shape index (κ3) is 6.14. The van der Waals surface area contributed by atoms with E-state index in [2.05, 4.69) is 15.5 Å². The molecule has 0 atom stereocenters. The lowest BCUT2D eigenvalue weighted by molar-refractivity contribution is -0.192. The number of nitrogens with zero attached hydrogens (tertiary/aromatic N) is 2. The maximum Gasteiger partial charge on any atom is 0.490 e. The van der Waals surface area contributed by atoms with Crippen LogP contribution in [0.3, 0.4) is 0 Å². The minimum Gasteiger partial charge on any atom is -0.475 e. The molecule has 3 heterocycles. The number of likely N-dealkylation sites (tertiary alicyclic amines) is 1. The largest absolute Gasteiger partial charge is 0.490 e. The van der Waals surface area contributed by atoms with Crippen LogP contribution in [0.4, 0.5) is 13.2 Å². The van der Waals surface area contributed by atoms with E-state index in [1.807, 2.05) is 11.4 Å². The number of carboxylic acid groups (broad SMARTS) is 1. The zero-order valence-corrected chi connectivity index (χ0v) is 16.3. The molecule has 3 rings (SSSR count). The number of aliphatic carboxylic acids is 1. The summed E-state index contributed by atoms with van der Waals surface area (Å²) in [5.74, 6) is -3.02. The van der Waals surface area contributed by atoms with Gasteiger partial charge >= 0.3 is 12.1 Å². The van der Waals surface area contributed by atoms with Gasteiger partial charge in [0, 0.05) is 37.3 Å². The first kappa shape index (κ1) is 23.1. The standard InChI is InChI=1S/C15H16N4O3S.C2HF3O2/c1-9-5-11(20)13(18-17-9)14(21)16-6-10-7-19(8-10)15(22)12-3-2-4-23-12;3-2(4,5)1(6)7/h2-5,10H,6-8H2,1H3,(H,16,21)(H,17,20);(H,6,7). The number of aromatic amines is 1. The number of aromatic nitrogens is 2. The summed E-state index contributed by atoms with van der Waals surface area (Å²) in [4.78, 5) is 47.1. The van der Waals surface area contributed by atoms with E-state index < -0.39 is 23.5 Å². The predicted octanol–water partition coefficient (Wildman–Crippen LogP) is 1.28. The van der Waals surface area contributed by atoms with Gasteiger partial charge in [-0.3, -0.25) is 19.5 Å². The van der Waals surface area contributed by atoms with Crippen molar-refractivity contribution in [1.29, 1.82) is 0 Å². The smallest absolute Gasteiger partial charge is 0.475 e. The minimum absolute atomic E-state index is 0.0271. The van der Waals surface area contributed by atoms with Crippen molar-refractivity contribution in [2.24, 2.45) is 5.92 Å². The maximum absolute atomic E-state index is 12.1. The Morgan fingerprint density at radius 3 is 2.50 bits per heavy atom. The molecule has 9 nitrogen and oxygen atoms in total. The van der Waals surface area contributed by atoms with E-state index in [1.54, 1.807) is 17.9 Å². The van der Waals surface area contributed by atoms with Gasteiger partial charge in [0.2, 0.25) is 5.43 Å². The number of carboxylic acids is 1. The summed E-state index contributed by atoms with van der Waals surface area (Å²) >= 11 is 1.42. The second-order valence-corrected chi connectivity index (χ2v) is 7.28. The number of rotatable bonds is 4. The van der Waals surface area contributed by atoms with E-state index in [1.165, 1.54) is 17.4 Å². The molecular weight excluding hydrogens is 429 g/mol. The van der Waals surface area contributed by atoms with Gasteiger partial charge in [-0.05, 0) is 18.4 Å². The van der Waals surface area contributed by atoms with Crippen LogP contribution in [0.5, 0.6) is 0 Å². The average Bonchev–Trinajstić information content (AvgIpc) is 3.14. The van der Waals surface area contributed by atoms with Gasteiger partial charge in [-0.2, -0.15) is 18.3 Å². The van der Waals surface area contributed by atoms with Crippen molar-refractivity contribution < 1.29 is 32.7 Å². The van der Waals surface area contributed by atoms with Crippen LogP contribution in [0, 0.1) is 12.8 Å². The van der Waals surface area contributed by atoms with Gasteiger partial charge in [-0.1, -0.05) is 6.07 Å². The molecule has 0 aliphatic carbocycles. The number of amides is 2. The lowest BCUT2D eigenvalue weighted by atomic mass is 10.00. The fourth-order valence-electron chi connectivity index (χ4n) is 2.40. The van der Waals surface area contributed by atoms with E-state index in [0.717, 1.165) is 4.88 Å². The van der Waals surface area contributed by atoms with Crippen LogP contribution < -0.4 is 10.7 Å². The van der Waals surface area contributed by atoms with E-state index in [0.29, 0.717) is 25.3 Å². The predicted molar refractivity (Wildman–Crippen MR) is 99.3 cm³/mol. The zero-order chi connectivity index (χ0) is 22.5. The molecule has 2 aromatic heterocycles. The van der Waals surface area contributed by atoms with Crippen LogP contribution in [0.2, 0.25) is 0 Å². The highest BCUT2D eigenvalue weighted by Crippen LogP contribution is 2.20. The van der Waals surface area contributed by atoms with E-state index in [-0.39, 0.29) is 17.5 Å². The number of hydrogen-bond acceptors (Lipinski definition) is 6. The van der Waals surface area contributed by atoms with Crippen LogP contribution in [0.15, 0.2) is 28.4 Å². The van der Waals surface area contributed by atoms with Gasteiger partial charge in [-0.15, -0.1) is 11.3 Å². The van der Waals surface area contributed by atoms with Crippen LogP contribution >= 0.6 is 11.3 Å². The Kier molecular flexibility index (Phi) is 7.32. The number of carbonyl (C=O) groups excluding carboxylic acids is 2. The highest BCUT2D eigenvalue weighted by atomic mass is 32.1. The van der Waals surface area contributed by atoms with Crippen molar-refractivity contribution in [1.82, 2.24) is 20.4 Å². The first-order valence-corrected chi connectivity index (χ1v) is 9.34. The number of halogens is 3. The van der Waals surface area contributed by atoms with E-state index >= 15 is 0 Å². The van der Waals surface area contributed by atoms with Crippen LogP contribution in [0.1, 0.15) is 25.9 Å². The van der Waals surface area contributed by atoms with Gasteiger partial charge in [0.15, 0.2) is 5.69 Å². The van der Waals surface area contributed by atoms with Crippen molar-refractivity contribution >= 4 is 29.1 Å². The molecule has 0 saturated carbocycles. The molecule has 162 valence electrons. The molecule has 3 N–H and O–H groups in total. The fourth-order valence-corrected chi connectivity index (χ4v) is 3.09. The second-order valence-electron chi connectivity index (χ2n) is 6.33. The monoisotopic (exact) mass is 446 g/mol. The number of carbonyl (C=O) groups is 3. The fraction of sp³-hybridized carbons (Fsp3) is 0.353. The van der Waals surface area contributed by atoms with E-state index in [9.17, 15) is 27.6 Å². The van der Waals surface area contributed by atoms with Crippen molar-refractivity contribution in [2.45, 2.75) is 13.1 Å². The molecule has 0 unspecified atom stereocenters. The Hall–Kier alpha value is -3.22. The molecule has 1 saturated heterocycles. The molecule has 30 heavy (non-hydrogen) atoms. The maximum atomic E-state index is 12.1. The summed E-state index contributed by atoms with van der Waals surface area (Å²) in [6, 6.07) is 4.99. The minimum atomic E-state index is -5.08. The lowest BCUT2D eigenvalue weighted by Gasteiger charge is -2.39. The lowest BCUT2D eigenvalue weighted by Crippen LogP contribution is -2.53. The molecule has 1 aliphatic heterocycles.